The van der Waals surface area contributed by atoms with Gasteiger partial charge in [-0.2, -0.15) is 0 Å². The van der Waals surface area contributed by atoms with Gasteiger partial charge in [-0.3, -0.25) is 0 Å². The van der Waals surface area contributed by atoms with E-state index in [1.165, 1.54) is 30.2 Å². The maximum atomic E-state index is 5.89. The summed E-state index contributed by atoms with van der Waals surface area (Å²) in [7, 11) is 0. The van der Waals surface area contributed by atoms with Crippen molar-refractivity contribution in [3.63, 3.8) is 0 Å². The number of halogens is 1. The summed E-state index contributed by atoms with van der Waals surface area (Å²) in [6.45, 7) is 0. The molecule has 0 N–H and O–H groups in total. The van der Waals surface area contributed by atoms with E-state index >= 15 is 0 Å². The van der Waals surface area contributed by atoms with Crippen LogP contribution in [0.2, 0.25) is 5.15 Å². The standard InChI is InChI=1S/C13H12ClN/c14-13-7-6-10-4-5-11(8-12(10)15-13)9-2-1-3-9/h4-9H,1-3H2. The van der Waals surface area contributed by atoms with Crippen molar-refractivity contribution in [3.05, 3.63) is 41.0 Å². The fraction of sp³-hybridized carbons (Fsp3) is 0.308. The van der Waals surface area contributed by atoms with Crippen LogP contribution in [0.15, 0.2) is 30.3 Å². The quantitative estimate of drug-likeness (QED) is 0.654. The first kappa shape index (κ1) is 9.17. The molecule has 1 fully saturated rings. The number of hydrogen-bond acceptors (Lipinski definition) is 1. The number of aromatic nitrogens is 1. The third-order valence-electron chi connectivity index (χ3n) is 3.26. The van der Waals surface area contributed by atoms with E-state index in [0.29, 0.717) is 5.15 Å². The largest absolute Gasteiger partial charge is 0.236 e. The second kappa shape index (κ2) is 3.49. The topological polar surface area (TPSA) is 12.9 Å². The lowest BCUT2D eigenvalue weighted by molar-refractivity contribution is 0.420. The molecule has 3 rings (SSSR count). The summed E-state index contributed by atoms with van der Waals surface area (Å²) in [4.78, 5) is 4.34. The molecular weight excluding hydrogens is 206 g/mol. The molecule has 0 saturated heterocycles. The summed E-state index contributed by atoms with van der Waals surface area (Å²) in [6.07, 6.45) is 4.02. The average molecular weight is 218 g/mol. The van der Waals surface area contributed by atoms with Gasteiger partial charge in [0.2, 0.25) is 0 Å². The van der Waals surface area contributed by atoms with Crippen LogP contribution < -0.4 is 0 Å². The molecule has 0 atom stereocenters. The lowest BCUT2D eigenvalue weighted by atomic mass is 9.80. The highest BCUT2D eigenvalue weighted by Crippen LogP contribution is 2.37. The van der Waals surface area contributed by atoms with Crippen LogP contribution in [0.3, 0.4) is 0 Å². The van der Waals surface area contributed by atoms with Crippen molar-refractivity contribution in [2.75, 3.05) is 0 Å². The minimum absolute atomic E-state index is 0.577. The second-order valence-corrected chi connectivity index (χ2v) is 4.60. The van der Waals surface area contributed by atoms with Gasteiger partial charge in [-0.05, 0) is 42.5 Å². The summed E-state index contributed by atoms with van der Waals surface area (Å²) in [6, 6.07) is 10.4. The van der Waals surface area contributed by atoms with E-state index in [1.807, 2.05) is 12.1 Å². The van der Waals surface area contributed by atoms with Crippen LogP contribution in [0.25, 0.3) is 10.9 Å². The molecule has 15 heavy (non-hydrogen) atoms. The number of benzene rings is 1. The van der Waals surface area contributed by atoms with Crippen LogP contribution in [-0.2, 0) is 0 Å². The molecule has 1 heterocycles. The predicted octanol–water partition coefficient (Wildman–Crippen LogP) is 4.16. The van der Waals surface area contributed by atoms with Crippen molar-refractivity contribution in [3.8, 4) is 0 Å². The Kier molecular flexibility index (Phi) is 2.14. The van der Waals surface area contributed by atoms with E-state index in [-0.39, 0.29) is 0 Å². The van der Waals surface area contributed by atoms with Crippen molar-refractivity contribution in [2.45, 2.75) is 25.2 Å². The van der Waals surface area contributed by atoms with Gasteiger partial charge in [0.15, 0.2) is 0 Å². The van der Waals surface area contributed by atoms with Gasteiger partial charge in [-0.1, -0.05) is 30.2 Å². The molecule has 0 aliphatic heterocycles. The fourth-order valence-electron chi connectivity index (χ4n) is 2.10. The Hall–Kier alpha value is -1.08. The van der Waals surface area contributed by atoms with E-state index in [2.05, 4.69) is 23.2 Å². The van der Waals surface area contributed by atoms with Gasteiger partial charge >= 0.3 is 0 Å². The Bertz CT molecular complexity index is 503. The molecular formula is C13H12ClN. The summed E-state index contributed by atoms with van der Waals surface area (Å²) in [5, 5.41) is 1.75. The first-order valence-corrected chi connectivity index (χ1v) is 5.77. The van der Waals surface area contributed by atoms with Gasteiger partial charge in [-0.25, -0.2) is 4.98 Å². The molecule has 0 amide bonds. The fourth-order valence-corrected chi connectivity index (χ4v) is 2.26. The molecule has 0 bridgehead atoms. The lowest BCUT2D eigenvalue weighted by Gasteiger charge is -2.25. The smallest absolute Gasteiger partial charge is 0.129 e. The zero-order chi connectivity index (χ0) is 10.3. The van der Waals surface area contributed by atoms with Crippen molar-refractivity contribution >= 4 is 22.5 Å². The highest BCUT2D eigenvalue weighted by atomic mass is 35.5. The number of rotatable bonds is 1. The van der Waals surface area contributed by atoms with Crippen molar-refractivity contribution in [2.24, 2.45) is 0 Å². The molecule has 2 aromatic rings. The summed E-state index contributed by atoms with van der Waals surface area (Å²) >= 11 is 5.89. The van der Waals surface area contributed by atoms with Crippen LogP contribution in [0.5, 0.6) is 0 Å². The zero-order valence-corrected chi connectivity index (χ0v) is 9.17. The second-order valence-electron chi connectivity index (χ2n) is 4.21. The number of hydrogen-bond donors (Lipinski definition) is 0. The molecule has 76 valence electrons. The molecule has 1 aromatic carbocycles. The Balaban J connectivity index is 2.11. The number of nitrogens with zero attached hydrogens (tertiary/aromatic N) is 1. The zero-order valence-electron chi connectivity index (χ0n) is 8.41. The van der Waals surface area contributed by atoms with Crippen LogP contribution in [0.1, 0.15) is 30.7 Å². The highest BCUT2D eigenvalue weighted by Gasteiger charge is 2.19. The van der Waals surface area contributed by atoms with E-state index in [0.717, 1.165) is 11.4 Å². The molecule has 2 heteroatoms. The predicted molar refractivity (Wildman–Crippen MR) is 63.3 cm³/mol. The maximum Gasteiger partial charge on any atom is 0.129 e. The molecule has 0 spiro atoms. The SMILES string of the molecule is Clc1ccc2ccc(C3CCC3)cc2n1. The summed E-state index contributed by atoms with van der Waals surface area (Å²) in [5.74, 6) is 0.759. The van der Waals surface area contributed by atoms with E-state index in [9.17, 15) is 0 Å². The highest BCUT2D eigenvalue weighted by molar-refractivity contribution is 6.29. The summed E-state index contributed by atoms with van der Waals surface area (Å²) < 4.78 is 0. The van der Waals surface area contributed by atoms with Gasteiger partial charge in [0.05, 0.1) is 5.52 Å². The Morgan fingerprint density at radius 3 is 2.67 bits per heavy atom. The van der Waals surface area contributed by atoms with Gasteiger partial charge < -0.3 is 0 Å². The number of fused-ring (bicyclic) bond motifs is 1. The molecule has 1 aliphatic carbocycles. The molecule has 1 saturated carbocycles. The first-order chi connectivity index (χ1) is 7.33. The third-order valence-corrected chi connectivity index (χ3v) is 3.47. The Morgan fingerprint density at radius 2 is 1.93 bits per heavy atom. The molecule has 0 unspecified atom stereocenters. The maximum absolute atomic E-state index is 5.89. The van der Waals surface area contributed by atoms with Crippen LogP contribution in [0.4, 0.5) is 0 Å². The van der Waals surface area contributed by atoms with Gasteiger partial charge in [-0.15, -0.1) is 0 Å². The number of pyridine rings is 1. The van der Waals surface area contributed by atoms with Crippen molar-refractivity contribution in [1.29, 1.82) is 0 Å². The first-order valence-electron chi connectivity index (χ1n) is 5.39. The van der Waals surface area contributed by atoms with Crippen LogP contribution in [-0.4, -0.2) is 4.98 Å². The van der Waals surface area contributed by atoms with Crippen LogP contribution >= 0.6 is 11.6 Å². The molecule has 0 radical (unpaired) electrons. The Labute approximate surface area is 94.1 Å². The van der Waals surface area contributed by atoms with E-state index < -0.39 is 0 Å². The average Bonchev–Trinajstić information content (AvgIpc) is 2.14. The minimum Gasteiger partial charge on any atom is -0.236 e. The molecule has 1 aliphatic rings. The van der Waals surface area contributed by atoms with E-state index in [4.69, 9.17) is 11.6 Å². The van der Waals surface area contributed by atoms with Crippen molar-refractivity contribution in [1.82, 2.24) is 4.98 Å². The van der Waals surface area contributed by atoms with Gasteiger partial charge in [0, 0.05) is 5.39 Å². The van der Waals surface area contributed by atoms with E-state index in [1.54, 1.807) is 0 Å². The van der Waals surface area contributed by atoms with Crippen molar-refractivity contribution < 1.29 is 0 Å². The van der Waals surface area contributed by atoms with Gasteiger partial charge in [0.25, 0.3) is 0 Å². The third kappa shape index (κ3) is 1.61. The monoisotopic (exact) mass is 217 g/mol. The minimum atomic E-state index is 0.577. The Morgan fingerprint density at radius 1 is 1.13 bits per heavy atom. The van der Waals surface area contributed by atoms with Crippen LogP contribution in [0, 0.1) is 0 Å². The van der Waals surface area contributed by atoms with Gasteiger partial charge in [0.1, 0.15) is 5.15 Å². The summed E-state index contributed by atoms with van der Waals surface area (Å²) in [5.41, 5.74) is 2.44. The lowest BCUT2D eigenvalue weighted by Crippen LogP contribution is -2.08. The molecule has 1 aromatic heterocycles. The molecule has 1 nitrogen and oxygen atoms in total. The normalized spacial score (nSPS) is 16.6.